The molecular formula is C9H6F3IN2O2. The molecule has 17 heavy (non-hydrogen) atoms. The minimum atomic E-state index is -4.82. The van der Waals surface area contributed by atoms with Crippen LogP contribution in [0, 0.1) is 14.9 Å². The van der Waals surface area contributed by atoms with E-state index >= 15 is 0 Å². The lowest BCUT2D eigenvalue weighted by molar-refractivity contribution is -0.275. The van der Waals surface area contributed by atoms with E-state index in [1.807, 2.05) is 0 Å². The maximum absolute atomic E-state index is 12.2. The third-order valence-corrected chi connectivity index (χ3v) is 2.48. The Labute approximate surface area is 108 Å². The fraction of sp³-hybridized carbons (Fsp3) is 0.333. The van der Waals surface area contributed by atoms with Crippen LogP contribution in [0.4, 0.5) is 13.2 Å². The maximum atomic E-state index is 12.2. The van der Waals surface area contributed by atoms with E-state index in [0.29, 0.717) is 0 Å². The summed E-state index contributed by atoms with van der Waals surface area (Å²) in [4.78, 5) is 3.78. The minimum absolute atomic E-state index is 0.0146. The summed E-state index contributed by atoms with van der Waals surface area (Å²) in [5, 5.41) is 8.58. The van der Waals surface area contributed by atoms with Crippen molar-refractivity contribution >= 4 is 22.6 Å². The molecule has 92 valence electrons. The van der Waals surface area contributed by atoms with Crippen LogP contribution in [0.5, 0.6) is 11.6 Å². The Bertz CT molecular complexity index is 457. The second kappa shape index (κ2) is 5.39. The van der Waals surface area contributed by atoms with Crippen LogP contribution in [0.2, 0.25) is 0 Å². The third-order valence-electron chi connectivity index (χ3n) is 1.71. The number of alkyl halides is 3. The van der Waals surface area contributed by atoms with E-state index < -0.39 is 12.1 Å². The van der Waals surface area contributed by atoms with E-state index in [9.17, 15) is 13.2 Å². The zero-order valence-electron chi connectivity index (χ0n) is 8.51. The first-order valence-electron chi connectivity index (χ1n) is 4.23. The standard InChI is InChI=1S/C9H6F3IN2O2/c1-16-8-5(2-3-14)7(6(13)4-15-8)17-9(10,11)12/h4H,2H2,1H3. The zero-order chi connectivity index (χ0) is 13.1. The Balaban J connectivity index is 3.29. The van der Waals surface area contributed by atoms with Crippen molar-refractivity contribution in [3.05, 3.63) is 15.3 Å². The van der Waals surface area contributed by atoms with Gasteiger partial charge in [0.25, 0.3) is 0 Å². The predicted molar refractivity (Wildman–Crippen MR) is 59.5 cm³/mol. The van der Waals surface area contributed by atoms with Gasteiger partial charge in [0.15, 0.2) is 5.75 Å². The molecule has 0 aliphatic heterocycles. The molecule has 1 heterocycles. The summed E-state index contributed by atoms with van der Waals surface area (Å²) >= 11 is 1.65. The normalized spacial score (nSPS) is 10.8. The van der Waals surface area contributed by atoms with E-state index in [1.165, 1.54) is 13.3 Å². The van der Waals surface area contributed by atoms with Crippen LogP contribution in [0.15, 0.2) is 6.20 Å². The van der Waals surface area contributed by atoms with Crippen LogP contribution < -0.4 is 9.47 Å². The van der Waals surface area contributed by atoms with Crippen molar-refractivity contribution in [2.45, 2.75) is 12.8 Å². The van der Waals surface area contributed by atoms with Crippen molar-refractivity contribution in [2.24, 2.45) is 0 Å². The fourth-order valence-corrected chi connectivity index (χ4v) is 1.70. The molecule has 8 heteroatoms. The van der Waals surface area contributed by atoms with Gasteiger partial charge in [-0.3, -0.25) is 0 Å². The molecule has 0 aliphatic rings. The van der Waals surface area contributed by atoms with Crippen molar-refractivity contribution in [1.29, 1.82) is 5.26 Å². The molecule has 0 atom stereocenters. The van der Waals surface area contributed by atoms with Crippen molar-refractivity contribution in [2.75, 3.05) is 7.11 Å². The molecule has 0 saturated carbocycles. The van der Waals surface area contributed by atoms with Gasteiger partial charge in [-0.25, -0.2) is 4.98 Å². The summed E-state index contributed by atoms with van der Waals surface area (Å²) in [5.74, 6) is -0.488. The van der Waals surface area contributed by atoms with Gasteiger partial charge < -0.3 is 9.47 Å². The second-order valence-electron chi connectivity index (χ2n) is 2.81. The van der Waals surface area contributed by atoms with Crippen molar-refractivity contribution in [3.63, 3.8) is 0 Å². The van der Waals surface area contributed by atoms with Crippen LogP contribution in [0.25, 0.3) is 0 Å². The molecule has 0 bridgehead atoms. The summed E-state index contributed by atoms with van der Waals surface area (Å²) < 4.78 is 45.5. The molecule has 0 fully saturated rings. The largest absolute Gasteiger partial charge is 0.573 e. The SMILES string of the molecule is COc1ncc(I)c(OC(F)(F)F)c1CC#N. The summed E-state index contributed by atoms with van der Waals surface area (Å²) in [5.41, 5.74) is -0.0146. The highest BCUT2D eigenvalue weighted by Gasteiger charge is 2.34. The third kappa shape index (κ3) is 3.62. The first-order chi connectivity index (χ1) is 7.89. The van der Waals surface area contributed by atoms with Gasteiger partial charge in [-0.15, -0.1) is 13.2 Å². The number of halogens is 4. The van der Waals surface area contributed by atoms with Gasteiger partial charge in [0.2, 0.25) is 5.88 Å². The first-order valence-corrected chi connectivity index (χ1v) is 5.31. The number of hydrogen-bond acceptors (Lipinski definition) is 4. The average Bonchev–Trinajstić information content (AvgIpc) is 2.22. The smallest absolute Gasteiger partial charge is 0.481 e. The van der Waals surface area contributed by atoms with Gasteiger partial charge in [0, 0.05) is 6.20 Å². The second-order valence-corrected chi connectivity index (χ2v) is 3.97. The Morgan fingerprint density at radius 2 is 2.18 bits per heavy atom. The van der Waals surface area contributed by atoms with Crippen molar-refractivity contribution < 1.29 is 22.6 Å². The molecule has 1 aromatic rings. The lowest BCUT2D eigenvalue weighted by Crippen LogP contribution is -2.19. The molecule has 0 aromatic carbocycles. The number of nitriles is 1. The number of aromatic nitrogens is 1. The van der Waals surface area contributed by atoms with Gasteiger partial charge in [-0.2, -0.15) is 5.26 Å². The van der Waals surface area contributed by atoms with E-state index in [0.717, 1.165) is 0 Å². The Morgan fingerprint density at radius 1 is 1.53 bits per heavy atom. The number of ether oxygens (including phenoxy) is 2. The predicted octanol–water partition coefficient (Wildman–Crippen LogP) is 2.66. The van der Waals surface area contributed by atoms with E-state index in [4.69, 9.17) is 10.00 Å². The van der Waals surface area contributed by atoms with E-state index in [2.05, 4.69) is 9.72 Å². The molecule has 0 radical (unpaired) electrons. The highest BCUT2D eigenvalue weighted by atomic mass is 127. The van der Waals surface area contributed by atoms with Gasteiger partial charge >= 0.3 is 6.36 Å². The molecule has 1 aromatic heterocycles. The van der Waals surface area contributed by atoms with Crippen molar-refractivity contribution in [1.82, 2.24) is 4.98 Å². The molecule has 0 aliphatic carbocycles. The zero-order valence-corrected chi connectivity index (χ0v) is 10.7. The van der Waals surface area contributed by atoms with Gasteiger partial charge in [-0.05, 0) is 22.6 Å². The molecule has 0 unspecified atom stereocenters. The summed E-state index contributed by atoms with van der Waals surface area (Å²) in [6, 6.07) is 1.74. The highest BCUT2D eigenvalue weighted by molar-refractivity contribution is 14.1. The first kappa shape index (κ1) is 13.8. The maximum Gasteiger partial charge on any atom is 0.573 e. The molecule has 4 nitrogen and oxygen atoms in total. The number of hydrogen-bond donors (Lipinski definition) is 0. The number of rotatable bonds is 3. The molecule has 0 amide bonds. The topological polar surface area (TPSA) is 55.1 Å². The van der Waals surface area contributed by atoms with Crippen molar-refractivity contribution in [3.8, 4) is 17.7 Å². The number of nitrogens with zero attached hydrogens (tertiary/aromatic N) is 2. The lowest BCUT2D eigenvalue weighted by Gasteiger charge is -2.15. The molecule has 0 spiro atoms. The minimum Gasteiger partial charge on any atom is -0.481 e. The summed E-state index contributed by atoms with van der Waals surface area (Å²) in [6.45, 7) is 0. The van der Waals surface area contributed by atoms with Crippen LogP contribution in [-0.4, -0.2) is 18.5 Å². The molecular weight excluding hydrogens is 352 g/mol. The van der Waals surface area contributed by atoms with E-state index in [1.54, 1.807) is 28.7 Å². The molecule has 0 N–H and O–H groups in total. The Kier molecular flexibility index (Phi) is 4.39. The van der Waals surface area contributed by atoms with Crippen LogP contribution in [0.3, 0.4) is 0 Å². The van der Waals surface area contributed by atoms with Gasteiger partial charge in [0.05, 0.1) is 28.7 Å². The quantitative estimate of drug-likeness (QED) is 0.780. The fourth-order valence-electron chi connectivity index (χ4n) is 1.13. The van der Waals surface area contributed by atoms with Crippen LogP contribution in [0.1, 0.15) is 5.56 Å². The molecule has 1 rings (SSSR count). The lowest BCUT2D eigenvalue weighted by atomic mass is 10.2. The molecule has 0 saturated heterocycles. The Morgan fingerprint density at radius 3 is 2.65 bits per heavy atom. The summed E-state index contributed by atoms with van der Waals surface area (Å²) in [7, 11) is 1.26. The van der Waals surface area contributed by atoms with Crippen LogP contribution >= 0.6 is 22.6 Å². The summed E-state index contributed by atoms with van der Waals surface area (Å²) in [6.07, 6.45) is -3.92. The number of pyridine rings is 1. The van der Waals surface area contributed by atoms with E-state index in [-0.39, 0.29) is 21.4 Å². The van der Waals surface area contributed by atoms with Gasteiger partial charge in [-0.1, -0.05) is 0 Å². The monoisotopic (exact) mass is 358 g/mol. The Hall–Kier alpha value is -1.24. The van der Waals surface area contributed by atoms with Gasteiger partial charge in [0.1, 0.15) is 0 Å². The highest BCUT2D eigenvalue weighted by Crippen LogP contribution is 2.35. The van der Waals surface area contributed by atoms with Crippen LogP contribution in [-0.2, 0) is 6.42 Å². The number of methoxy groups -OCH3 is 1. The average molecular weight is 358 g/mol.